The lowest BCUT2D eigenvalue weighted by atomic mass is 9.99. The smallest absolute Gasteiger partial charge is 0.0673 e. The fourth-order valence-electron chi connectivity index (χ4n) is 3.94. The Morgan fingerprint density at radius 3 is 2.81 bits per heavy atom. The molecule has 0 amide bonds. The minimum Gasteiger partial charge on any atom is -0.377 e. The van der Waals surface area contributed by atoms with Gasteiger partial charge in [-0.1, -0.05) is 30.3 Å². The van der Waals surface area contributed by atoms with Gasteiger partial charge in [-0.2, -0.15) is 0 Å². The fraction of sp³-hybridized carbons (Fsp3) is 0.667. The van der Waals surface area contributed by atoms with Crippen LogP contribution in [-0.2, 0) is 4.74 Å². The van der Waals surface area contributed by atoms with Crippen molar-refractivity contribution in [3.63, 3.8) is 0 Å². The molecule has 0 radical (unpaired) electrons. The predicted molar refractivity (Wildman–Crippen MR) is 86.4 cm³/mol. The van der Waals surface area contributed by atoms with E-state index in [4.69, 9.17) is 4.74 Å². The van der Waals surface area contributed by atoms with Gasteiger partial charge < -0.3 is 4.74 Å². The van der Waals surface area contributed by atoms with Crippen molar-refractivity contribution in [3.8, 4) is 0 Å². The SMILES string of the molecule is CCOC(C)CN1CC2CCCN2CC1c1ccccc1. The van der Waals surface area contributed by atoms with E-state index in [1.165, 1.54) is 38.0 Å². The molecule has 2 aliphatic heterocycles. The molecular weight excluding hydrogens is 260 g/mol. The summed E-state index contributed by atoms with van der Waals surface area (Å²) in [7, 11) is 0. The molecule has 2 heterocycles. The van der Waals surface area contributed by atoms with Gasteiger partial charge in [0.05, 0.1) is 6.10 Å². The Balaban J connectivity index is 1.75. The average Bonchev–Trinajstić information content (AvgIpc) is 2.95. The summed E-state index contributed by atoms with van der Waals surface area (Å²) in [4.78, 5) is 5.35. The van der Waals surface area contributed by atoms with Crippen LogP contribution in [0.4, 0.5) is 0 Å². The minimum atomic E-state index is 0.314. The third kappa shape index (κ3) is 3.47. The first-order valence-electron chi connectivity index (χ1n) is 8.42. The second-order valence-electron chi connectivity index (χ2n) is 6.44. The average molecular weight is 288 g/mol. The van der Waals surface area contributed by atoms with E-state index in [2.05, 4.69) is 54.0 Å². The third-order valence-electron chi connectivity index (χ3n) is 4.92. The van der Waals surface area contributed by atoms with Gasteiger partial charge in [0, 0.05) is 38.3 Å². The molecule has 0 aromatic heterocycles. The van der Waals surface area contributed by atoms with Crippen LogP contribution >= 0.6 is 0 Å². The van der Waals surface area contributed by atoms with E-state index < -0.39 is 0 Å². The van der Waals surface area contributed by atoms with Crippen molar-refractivity contribution in [2.75, 3.05) is 32.8 Å². The van der Waals surface area contributed by atoms with Crippen molar-refractivity contribution in [2.24, 2.45) is 0 Å². The van der Waals surface area contributed by atoms with Crippen LogP contribution in [-0.4, -0.2) is 54.7 Å². The van der Waals surface area contributed by atoms with Gasteiger partial charge in [0.2, 0.25) is 0 Å². The van der Waals surface area contributed by atoms with E-state index in [0.29, 0.717) is 12.1 Å². The van der Waals surface area contributed by atoms with Crippen LogP contribution in [0.25, 0.3) is 0 Å². The lowest BCUT2D eigenvalue weighted by Gasteiger charge is -2.44. The maximum Gasteiger partial charge on any atom is 0.0673 e. The summed E-state index contributed by atoms with van der Waals surface area (Å²) in [5.41, 5.74) is 1.45. The zero-order valence-electron chi connectivity index (χ0n) is 13.4. The van der Waals surface area contributed by atoms with Crippen LogP contribution in [0.1, 0.15) is 38.3 Å². The molecular formula is C18H28N2O. The number of fused-ring (bicyclic) bond motifs is 1. The zero-order chi connectivity index (χ0) is 14.7. The molecule has 1 aromatic rings. The van der Waals surface area contributed by atoms with Gasteiger partial charge in [-0.3, -0.25) is 9.80 Å². The molecule has 3 atom stereocenters. The van der Waals surface area contributed by atoms with Gasteiger partial charge in [0.15, 0.2) is 0 Å². The second kappa shape index (κ2) is 6.91. The summed E-state index contributed by atoms with van der Waals surface area (Å²) < 4.78 is 5.78. The fourth-order valence-corrected chi connectivity index (χ4v) is 3.94. The summed E-state index contributed by atoms with van der Waals surface area (Å²) >= 11 is 0. The van der Waals surface area contributed by atoms with Crippen molar-refractivity contribution >= 4 is 0 Å². The predicted octanol–water partition coefficient (Wildman–Crippen LogP) is 2.93. The third-order valence-corrected chi connectivity index (χ3v) is 4.92. The highest BCUT2D eigenvalue weighted by molar-refractivity contribution is 5.20. The topological polar surface area (TPSA) is 15.7 Å². The molecule has 3 rings (SSSR count). The molecule has 21 heavy (non-hydrogen) atoms. The molecule has 0 spiro atoms. The van der Waals surface area contributed by atoms with Crippen molar-refractivity contribution < 1.29 is 4.74 Å². The normalized spacial score (nSPS) is 28.5. The van der Waals surface area contributed by atoms with Gasteiger partial charge >= 0.3 is 0 Å². The minimum absolute atomic E-state index is 0.314. The lowest BCUT2D eigenvalue weighted by molar-refractivity contribution is -0.00567. The molecule has 2 saturated heterocycles. The van der Waals surface area contributed by atoms with Gasteiger partial charge in [-0.15, -0.1) is 0 Å². The summed E-state index contributed by atoms with van der Waals surface area (Å²) in [6, 6.07) is 12.3. The standard InChI is InChI=1S/C18H28N2O/c1-3-21-15(2)12-20-13-17-10-7-11-19(17)14-18(20)16-8-5-4-6-9-16/h4-6,8-9,15,17-18H,3,7,10-14H2,1-2H3. The summed E-state index contributed by atoms with van der Waals surface area (Å²) in [5.74, 6) is 0. The maximum atomic E-state index is 5.78. The van der Waals surface area contributed by atoms with Crippen molar-refractivity contribution in [1.29, 1.82) is 0 Å². The highest BCUT2D eigenvalue weighted by Gasteiger charge is 2.37. The Kier molecular flexibility index (Phi) is 4.94. The maximum absolute atomic E-state index is 5.78. The van der Waals surface area contributed by atoms with Gasteiger partial charge in [-0.25, -0.2) is 0 Å². The Morgan fingerprint density at radius 2 is 2.05 bits per heavy atom. The van der Waals surface area contributed by atoms with Crippen molar-refractivity contribution in [1.82, 2.24) is 9.80 Å². The molecule has 2 aliphatic rings. The lowest BCUT2D eigenvalue weighted by Crippen LogP contribution is -2.53. The molecule has 116 valence electrons. The first-order valence-corrected chi connectivity index (χ1v) is 8.42. The monoisotopic (exact) mass is 288 g/mol. The molecule has 0 saturated carbocycles. The molecule has 2 fully saturated rings. The van der Waals surface area contributed by atoms with E-state index in [1.54, 1.807) is 0 Å². The largest absolute Gasteiger partial charge is 0.377 e. The zero-order valence-corrected chi connectivity index (χ0v) is 13.4. The molecule has 3 unspecified atom stereocenters. The summed E-state index contributed by atoms with van der Waals surface area (Å²) in [5, 5.41) is 0. The Morgan fingerprint density at radius 1 is 1.24 bits per heavy atom. The Bertz CT molecular complexity index is 436. The summed E-state index contributed by atoms with van der Waals surface area (Å²) in [6.45, 7) is 9.78. The van der Waals surface area contributed by atoms with Gasteiger partial charge in [0.1, 0.15) is 0 Å². The van der Waals surface area contributed by atoms with E-state index >= 15 is 0 Å². The van der Waals surface area contributed by atoms with Crippen molar-refractivity contribution in [3.05, 3.63) is 35.9 Å². The number of benzene rings is 1. The van der Waals surface area contributed by atoms with Crippen LogP contribution in [0.5, 0.6) is 0 Å². The van der Waals surface area contributed by atoms with Crippen LogP contribution < -0.4 is 0 Å². The molecule has 3 heteroatoms. The highest BCUT2D eigenvalue weighted by Crippen LogP contribution is 2.32. The van der Waals surface area contributed by atoms with Gasteiger partial charge in [0.25, 0.3) is 0 Å². The van der Waals surface area contributed by atoms with Crippen LogP contribution in [0.2, 0.25) is 0 Å². The molecule has 0 N–H and O–H groups in total. The number of rotatable bonds is 5. The van der Waals surface area contributed by atoms with Crippen LogP contribution in [0, 0.1) is 0 Å². The van der Waals surface area contributed by atoms with Gasteiger partial charge in [-0.05, 0) is 38.8 Å². The quantitative estimate of drug-likeness (QED) is 0.828. The van der Waals surface area contributed by atoms with Crippen LogP contribution in [0.15, 0.2) is 30.3 Å². The van der Waals surface area contributed by atoms with E-state index in [9.17, 15) is 0 Å². The van der Waals surface area contributed by atoms with Crippen molar-refractivity contribution in [2.45, 2.75) is 44.9 Å². The Labute approximate surface area is 128 Å². The number of hydrogen-bond donors (Lipinski definition) is 0. The number of nitrogens with zero attached hydrogens (tertiary/aromatic N) is 2. The van der Waals surface area contributed by atoms with Crippen LogP contribution in [0.3, 0.4) is 0 Å². The first kappa shape index (κ1) is 15.0. The first-order chi connectivity index (χ1) is 10.3. The summed E-state index contributed by atoms with van der Waals surface area (Å²) in [6.07, 6.45) is 3.04. The molecule has 3 nitrogen and oxygen atoms in total. The van der Waals surface area contributed by atoms with E-state index in [1.807, 2.05) is 0 Å². The molecule has 0 aliphatic carbocycles. The second-order valence-corrected chi connectivity index (χ2v) is 6.44. The van der Waals surface area contributed by atoms with E-state index in [0.717, 1.165) is 19.2 Å². The molecule has 1 aromatic carbocycles. The van der Waals surface area contributed by atoms with E-state index in [-0.39, 0.29) is 0 Å². The number of hydrogen-bond acceptors (Lipinski definition) is 3. The number of piperazine rings is 1. The molecule has 0 bridgehead atoms. The number of ether oxygens (including phenoxy) is 1. The highest BCUT2D eigenvalue weighted by atomic mass is 16.5. The Hall–Kier alpha value is -0.900.